The highest BCUT2D eigenvalue weighted by Crippen LogP contribution is 2.37. The van der Waals surface area contributed by atoms with E-state index in [1.54, 1.807) is 12.1 Å². The molecule has 1 aromatic heterocycles. The number of ether oxygens (including phenoxy) is 1. The number of amides is 2. The molecule has 2 aromatic carbocycles. The first-order chi connectivity index (χ1) is 13.8. The van der Waals surface area contributed by atoms with E-state index < -0.39 is 29.2 Å². The number of carbonyl (C=O) groups is 2. The van der Waals surface area contributed by atoms with Crippen molar-refractivity contribution in [2.24, 2.45) is 0 Å². The van der Waals surface area contributed by atoms with Crippen LogP contribution in [0.4, 0.5) is 24.5 Å². The summed E-state index contributed by atoms with van der Waals surface area (Å²) in [7, 11) is 1.41. The van der Waals surface area contributed by atoms with Crippen LogP contribution in [0.2, 0.25) is 0 Å². The zero-order valence-electron chi connectivity index (χ0n) is 15.0. The average Bonchev–Trinajstić information content (AvgIpc) is 3.23. The molecule has 0 unspecified atom stereocenters. The Morgan fingerprint density at radius 1 is 0.966 bits per heavy atom. The largest absolute Gasteiger partial charge is 0.497 e. The molecular formula is C20H15F3N2O4. The Morgan fingerprint density at radius 3 is 2.41 bits per heavy atom. The second-order valence-corrected chi connectivity index (χ2v) is 5.88. The summed E-state index contributed by atoms with van der Waals surface area (Å²) in [5, 5.41) is 4.57. The normalized spacial score (nSPS) is 11.0. The summed E-state index contributed by atoms with van der Waals surface area (Å²) in [5.41, 5.74) is -1.52. The number of carbonyl (C=O) groups excluding carboxylic acids is 2. The van der Waals surface area contributed by atoms with Crippen molar-refractivity contribution in [2.45, 2.75) is 6.18 Å². The van der Waals surface area contributed by atoms with Gasteiger partial charge >= 0.3 is 6.18 Å². The number of hydrogen-bond acceptors (Lipinski definition) is 4. The lowest BCUT2D eigenvalue weighted by Crippen LogP contribution is -2.18. The fourth-order valence-corrected chi connectivity index (χ4v) is 2.52. The van der Waals surface area contributed by atoms with Gasteiger partial charge in [-0.15, -0.1) is 0 Å². The van der Waals surface area contributed by atoms with E-state index in [1.165, 1.54) is 43.7 Å². The molecular weight excluding hydrogens is 389 g/mol. The summed E-state index contributed by atoms with van der Waals surface area (Å²) in [6.07, 6.45) is -3.49. The zero-order valence-corrected chi connectivity index (χ0v) is 15.0. The number of anilines is 2. The van der Waals surface area contributed by atoms with Gasteiger partial charge in [0.1, 0.15) is 5.75 Å². The molecule has 29 heavy (non-hydrogen) atoms. The van der Waals surface area contributed by atoms with Crippen LogP contribution in [-0.2, 0) is 6.18 Å². The highest BCUT2D eigenvalue weighted by Gasteiger charge is 2.34. The summed E-state index contributed by atoms with van der Waals surface area (Å²) in [6, 6.07) is 11.9. The number of rotatable bonds is 5. The zero-order chi connectivity index (χ0) is 21.0. The van der Waals surface area contributed by atoms with Gasteiger partial charge in [-0.25, -0.2) is 0 Å². The monoisotopic (exact) mass is 404 g/mol. The molecule has 0 radical (unpaired) electrons. The predicted octanol–water partition coefficient (Wildman–Crippen LogP) is 4.81. The SMILES string of the molecule is COc1cccc(C(=O)Nc2ccc(NC(=O)c3ccco3)cc2C(F)(F)F)c1. The maximum absolute atomic E-state index is 13.5. The minimum absolute atomic E-state index is 0.0473. The number of benzene rings is 2. The van der Waals surface area contributed by atoms with Crippen LogP contribution < -0.4 is 15.4 Å². The summed E-state index contributed by atoms with van der Waals surface area (Å²) in [5.74, 6) is -1.09. The van der Waals surface area contributed by atoms with Gasteiger partial charge in [-0.3, -0.25) is 9.59 Å². The first kappa shape index (κ1) is 20.0. The Kier molecular flexibility index (Phi) is 5.58. The minimum Gasteiger partial charge on any atom is -0.497 e. The number of alkyl halides is 3. The fourth-order valence-electron chi connectivity index (χ4n) is 2.52. The van der Waals surface area contributed by atoms with E-state index in [2.05, 4.69) is 10.6 Å². The van der Waals surface area contributed by atoms with Gasteiger partial charge in [0.2, 0.25) is 0 Å². The van der Waals surface area contributed by atoms with Crippen LogP contribution in [0.1, 0.15) is 26.5 Å². The molecule has 0 aliphatic rings. The van der Waals surface area contributed by atoms with Crippen LogP contribution in [0.5, 0.6) is 5.75 Å². The number of nitrogens with one attached hydrogen (secondary N) is 2. The Hall–Kier alpha value is -3.75. The third-order valence-electron chi connectivity index (χ3n) is 3.91. The molecule has 3 aromatic rings. The van der Waals surface area contributed by atoms with Crippen molar-refractivity contribution in [3.05, 3.63) is 77.7 Å². The van der Waals surface area contributed by atoms with Crippen molar-refractivity contribution in [1.29, 1.82) is 0 Å². The molecule has 0 spiro atoms. The van der Waals surface area contributed by atoms with E-state index in [-0.39, 0.29) is 17.0 Å². The number of halogens is 3. The Labute approximate surface area is 163 Å². The van der Waals surface area contributed by atoms with Crippen LogP contribution in [0, 0.1) is 0 Å². The predicted molar refractivity (Wildman–Crippen MR) is 99.1 cm³/mol. The quantitative estimate of drug-likeness (QED) is 0.640. The molecule has 2 N–H and O–H groups in total. The molecule has 0 aliphatic heterocycles. The van der Waals surface area contributed by atoms with Gasteiger partial charge in [0.15, 0.2) is 5.76 Å². The van der Waals surface area contributed by atoms with Crippen molar-refractivity contribution < 1.29 is 31.9 Å². The van der Waals surface area contributed by atoms with Crippen LogP contribution >= 0.6 is 0 Å². The lowest BCUT2D eigenvalue weighted by Gasteiger charge is -2.16. The Balaban J connectivity index is 1.86. The first-order valence-corrected chi connectivity index (χ1v) is 8.29. The average molecular weight is 404 g/mol. The molecule has 0 bridgehead atoms. The van der Waals surface area contributed by atoms with Crippen molar-refractivity contribution in [2.75, 3.05) is 17.7 Å². The summed E-state index contributed by atoms with van der Waals surface area (Å²) < 4.78 is 50.4. The molecule has 0 saturated heterocycles. The van der Waals surface area contributed by atoms with E-state index in [0.717, 1.165) is 12.1 Å². The molecule has 0 fully saturated rings. The maximum atomic E-state index is 13.5. The third-order valence-corrected chi connectivity index (χ3v) is 3.91. The lowest BCUT2D eigenvalue weighted by atomic mass is 10.1. The third kappa shape index (κ3) is 4.75. The van der Waals surface area contributed by atoms with Crippen LogP contribution in [0.15, 0.2) is 65.3 Å². The van der Waals surface area contributed by atoms with Crippen LogP contribution in [0.3, 0.4) is 0 Å². The molecule has 9 heteroatoms. The van der Waals surface area contributed by atoms with Gasteiger partial charge < -0.3 is 19.8 Å². The van der Waals surface area contributed by atoms with E-state index in [0.29, 0.717) is 5.75 Å². The molecule has 0 aliphatic carbocycles. The summed E-state index contributed by atoms with van der Waals surface area (Å²) >= 11 is 0. The Morgan fingerprint density at radius 2 is 1.76 bits per heavy atom. The molecule has 1 heterocycles. The van der Waals surface area contributed by atoms with Gasteiger partial charge in [0.05, 0.1) is 24.6 Å². The molecule has 0 saturated carbocycles. The van der Waals surface area contributed by atoms with Gasteiger partial charge in [-0.05, 0) is 48.5 Å². The highest BCUT2D eigenvalue weighted by atomic mass is 19.4. The minimum atomic E-state index is -4.76. The number of furan rings is 1. The second kappa shape index (κ2) is 8.09. The van der Waals surface area contributed by atoms with Crippen LogP contribution in [0.25, 0.3) is 0 Å². The molecule has 150 valence electrons. The molecule has 0 atom stereocenters. The van der Waals surface area contributed by atoms with Crippen molar-refractivity contribution >= 4 is 23.2 Å². The topological polar surface area (TPSA) is 80.6 Å². The van der Waals surface area contributed by atoms with E-state index in [4.69, 9.17) is 9.15 Å². The Bertz CT molecular complexity index is 1030. The lowest BCUT2D eigenvalue weighted by molar-refractivity contribution is -0.136. The van der Waals surface area contributed by atoms with Crippen LogP contribution in [-0.4, -0.2) is 18.9 Å². The molecule has 6 nitrogen and oxygen atoms in total. The highest BCUT2D eigenvalue weighted by molar-refractivity contribution is 6.05. The smallest absolute Gasteiger partial charge is 0.418 e. The van der Waals surface area contributed by atoms with Gasteiger partial charge in [0, 0.05) is 11.3 Å². The van der Waals surface area contributed by atoms with Gasteiger partial charge in [-0.1, -0.05) is 6.07 Å². The number of methoxy groups -OCH3 is 1. The van der Waals surface area contributed by atoms with E-state index >= 15 is 0 Å². The van der Waals surface area contributed by atoms with Crippen molar-refractivity contribution in [1.82, 2.24) is 0 Å². The fraction of sp³-hybridized carbons (Fsp3) is 0.100. The first-order valence-electron chi connectivity index (χ1n) is 8.29. The van der Waals surface area contributed by atoms with Crippen molar-refractivity contribution in [3.63, 3.8) is 0 Å². The van der Waals surface area contributed by atoms with Gasteiger partial charge in [-0.2, -0.15) is 13.2 Å². The standard InChI is InChI=1S/C20H15F3N2O4/c1-28-14-5-2-4-12(10-14)18(26)25-16-8-7-13(11-15(16)20(21,22)23)24-19(27)17-6-3-9-29-17/h2-11H,1H3,(H,24,27)(H,25,26). The summed E-state index contributed by atoms with van der Waals surface area (Å²) in [4.78, 5) is 24.3. The van der Waals surface area contributed by atoms with E-state index in [9.17, 15) is 22.8 Å². The number of hydrogen-bond donors (Lipinski definition) is 2. The molecule has 3 rings (SSSR count). The summed E-state index contributed by atoms with van der Waals surface area (Å²) in [6.45, 7) is 0. The van der Waals surface area contributed by atoms with E-state index in [1.807, 2.05) is 0 Å². The van der Waals surface area contributed by atoms with Crippen molar-refractivity contribution in [3.8, 4) is 5.75 Å². The molecule has 2 amide bonds. The van der Waals surface area contributed by atoms with Gasteiger partial charge in [0.25, 0.3) is 11.8 Å². The second-order valence-electron chi connectivity index (χ2n) is 5.88. The maximum Gasteiger partial charge on any atom is 0.418 e.